The highest BCUT2D eigenvalue weighted by Gasteiger charge is 2.23. The Labute approximate surface area is 174 Å². The lowest BCUT2D eigenvalue weighted by Gasteiger charge is -2.14. The fourth-order valence-electron chi connectivity index (χ4n) is 3.25. The molecule has 0 aliphatic heterocycles. The minimum atomic E-state index is -0.216. The fraction of sp³-hybridized carbons (Fsp3) is 0.0400. The van der Waals surface area contributed by atoms with Crippen molar-refractivity contribution in [2.45, 2.75) is 5.92 Å². The van der Waals surface area contributed by atoms with Crippen LogP contribution in [-0.2, 0) is 0 Å². The normalized spacial score (nSPS) is 11.1. The topological polar surface area (TPSA) is 86.5 Å². The quantitative estimate of drug-likeness (QED) is 0.439. The van der Waals surface area contributed by atoms with E-state index in [9.17, 15) is 5.26 Å². The first-order chi connectivity index (χ1) is 14.8. The number of benzene rings is 3. The Kier molecular flexibility index (Phi) is 5.46. The van der Waals surface area contributed by atoms with Gasteiger partial charge in [0.15, 0.2) is 5.82 Å². The summed E-state index contributed by atoms with van der Waals surface area (Å²) in [5.74, 6) is 0.410. The number of aromatic nitrogens is 2. The molecule has 0 amide bonds. The SMILES string of the molecule is N#C/C(=C\c1cccc(C#N)c1)c1nc(C(c2ccccc2)c2ccccc2)no1. The molecule has 1 heterocycles. The average molecular weight is 388 g/mol. The summed E-state index contributed by atoms with van der Waals surface area (Å²) in [4.78, 5) is 4.54. The Morgan fingerprint density at radius 3 is 2.13 bits per heavy atom. The predicted molar refractivity (Wildman–Crippen MR) is 113 cm³/mol. The summed E-state index contributed by atoms with van der Waals surface area (Å²) >= 11 is 0. The standard InChI is InChI=1S/C25H16N4O/c26-16-19-9-7-8-18(14-19)15-22(17-27)25-28-24(29-30-25)23(20-10-3-1-4-11-20)21-12-5-2-6-13-21/h1-15,23H/b22-15+. The summed E-state index contributed by atoms with van der Waals surface area (Å²) in [5.41, 5.74) is 3.53. The molecule has 0 radical (unpaired) electrons. The van der Waals surface area contributed by atoms with E-state index in [0.29, 0.717) is 17.0 Å². The molecule has 142 valence electrons. The van der Waals surface area contributed by atoms with Gasteiger partial charge in [-0.3, -0.25) is 0 Å². The van der Waals surface area contributed by atoms with Crippen molar-refractivity contribution in [3.8, 4) is 12.1 Å². The second kappa shape index (κ2) is 8.68. The highest BCUT2D eigenvalue weighted by atomic mass is 16.5. The van der Waals surface area contributed by atoms with E-state index in [4.69, 9.17) is 9.78 Å². The number of hydrogen-bond donors (Lipinski definition) is 0. The maximum atomic E-state index is 9.64. The predicted octanol–water partition coefficient (Wildman–Crippen LogP) is 5.19. The van der Waals surface area contributed by atoms with Crippen molar-refractivity contribution < 1.29 is 4.52 Å². The third kappa shape index (κ3) is 4.01. The molecular formula is C25H16N4O. The summed E-state index contributed by atoms with van der Waals surface area (Å²) in [5, 5.41) is 22.9. The van der Waals surface area contributed by atoms with E-state index in [-0.39, 0.29) is 17.4 Å². The minimum Gasteiger partial charge on any atom is -0.333 e. The maximum Gasteiger partial charge on any atom is 0.268 e. The number of rotatable bonds is 5. The molecule has 0 aliphatic rings. The first-order valence-electron chi connectivity index (χ1n) is 9.34. The van der Waals surface area contributed by atoms with Gasteiger partial charge in [-0.15, -0.1) is 0 Å². The molecular weight excluding hydrogens is 372 g/mol. The van der Waals surface area contributed by atoms with Crippen molar-refractivity contribution in [3.63, 3.8) is 0 Å². The van der Waals surface area contributed by atoms with Crippen LogP contribution in [0.25, 0.3) is 11.6 Å². The van der Waals surface area contributed by atoms with Crippen molar-refractivity contribution in [1.82, 2.24) is 10.1 Å². The van der Waals surface area contributed by atoms with Crippen molar-refractivity contribution in [3.05, 3.63) is 119 Å². The number of allylic oxidation sites excluding steroid dienone is 1. The van der Waals surface area contributed by atoms with Gasteiger partial charge in [-0.25, -0.2) is 0 Å². The number of nitriles is 2. The van der Waals surface area contributed by atoms with Crippen LogP contribution >= 0.6 is 0 Å². The van der Waals surface area contributed by atoms with Gasteiger partial charge >= 0.3 is 0 Å². The first-order valence-corrected chi connectivity index (χ1v) is 9.34. The van der Waals surface area contributed by atoms with Crippen molar-refractivity contribution in [2.24, 2.45) is 0 Å². The van der Waals surface area contributed by atoms with Crippen LogP contribution in [0.4, 0.5) is 0 Å². The molecule has 5 nitrogen and oxygen atoms in total. The summed E-state index contributed by atoms with van der Waals surface area (Å²) in [6.07, 6.45) is 1.64. The summed E-state index contributed by atoms with van der Waals surface area (Å²) in [7, 11) is 0. The maximum absolute atomic E-state index is 9.64. The number of nitrogens with zero attached hydrogens (tertiary/aromatic N) is 4. The Balaban J connectivity index is 1.74. The van der Waals surface area contributed by atoms with Gasteiger partial charge in [0.05, 0.1) is 17.6 Å². The Morgan fingerprint density at radius 2 is 1.53 bits per heavy atom. The molecule has 0 N–H and O–H groups in total. The summed E-state index contributed by atoms with van der Waals surface area (Å²) < 4.78 is 5.45. The smallest absolute Gasteiger partial charge is 0.268 e. The van der Waals surface area contributed by atoms with E-state index in [1.807, 2.05) is 66.7 Å². The lowest BCUT2D eigenvalue weighted by Crippen LogP contribution is -2.05. The van der Waals surface area contributed by atoms with E-state index >= 15 is 0 Å². The Hall–Kier alpha value is -4.48. The van der Waals surface area contributed by atoms with Gasteiger partial charge < -0.3 is 4.52 Å². The molecule has 4 aromatic rings. The van der Waals surface area contributed by atoms with Crippen LogP contribution in [0.15, 0.2) is 89.5 Å². The minimum absolute atomic E-state index is 0.145. The second-order valence-electron chi connectivity index (χ2n) is 6.62. The van der Waals surface area contributed by atoms with Crippen LogP contribution < -0.4 is 0 Å². The highest BCUT2D eigenvalue weighted by Crippen LogP contribution is 2.30. The Morgan fingerprint density at radius 1 is 0.867 bits per heavy atom. The van der Waals surface area contributed by atoms with E-state index < -0.39 is 0 Å². The molecule has 3 aromatic carbocycles. The molecule has 0 aliphatic carbocycles. The highest BCUT2D eigenvalue weighted by molar-refractivity contribution is 5.86. The summed E-state index contributed by atoms with van der Waals surface area (Å²) in [6.45, 7) is 0. The molecule has 0 fully saturated rings. The van der Waals surface area contributed by atoms with Crippen molar-refractivity contribution in [2.75, 3.05) is 0 Å². The molecule has 0 saturated heterocycles. The van der Waals surface area contributed by atoms with Crippen LogP contribution in [0.5, 0.6) is 0 Å². The molecule has 5 heteroatoms. The van der Waals surface area contributed by atoms with Gasteiger partial charge in [-0.1, -0.05) is 78.0 Å². The van der Waals surface area contributed by atoms with E-state index in [1.165, 1.54) is 0 Å². The van der Waals surface area contributed by atoms with Gasteiger partial charge in [0.2, 0.25) is 0 Å². The third-order valence-electron chi connectivity index (χ3n) is 4.64. The molecule has 0 spiro atoms. The van der Waals surface area contributed by atoms with Crippen LogP contribution in [0.1, 0.15) is 39.9 Å². The van der Waals surface area contributed by atoms with E-state index in [1.54, 1.807) is 24.3 Å². The fourth-order valence-corrected chi connectivity index (χ4v) is 3.25. The molecule has 0 bridgehead atoms. The van der Waals surface area contributed by atoms with E-state index in [2.05, 4.69) is 22.3 Å². The van der Waals surface area contributed by atoms with Crippen molar-refractivity contribution >= 4 is 11.6 Å². The molecule has 0 unspecified atom stereocenters. The van der Waals surface area contributed by atoms with Gasteiger partial charge in [0.1, 0.15) is 11.6 Å². The second-order valence-corrected chi connectivity index (χ2v) is 6.62. The van der Waals surface area contributed by atoms with Gasteiger partial charge in [-0.05, 0) is 34.9 Å². The zero-order valence-corrected chi connectivity index (χ0v) is 15.9. The van der Waals surface area contributed by atoms with Crippen LogP contribution in [0.2, 0.25) is 0 Å². The zero-order chi connectivity index (χ0) is 20.8. The molecule has 0 saturated carbocycles. The van der Waals surface area contributed by atoms with Gasteiger partial charge in [-0.2, -0.15) is 15.5 Å². The van der Waals surface area contributed by atoms with Gasteiger partial charge in [0.25, 0.3) is 5.89 Å². The monoisotopic (exact) mass is 388 g/mol. The van der Waals surface area contributed by atoms with Crippen LogP contribution in [0, 0.1) is 22.7 Å². The lowest BCUT2D eigenvalue weighted by molar-refractivity contribution is 0.401. The van der Waals surface area contributed by atoms with Crippen LogP contribution in [-0.4, -0.2) is 10.1 Å². The number of hydrogen-bond acceptors (Lipinski definition) is 5. The lowest BCUT2D eigenvalue weighted by atomic mass is 9.91. The molecule has 4 rings (SSSR count). The molecule has 30 heavy (non-hydrogen) atoms. The first kappa shape index (κ1) is 18.9. The average Bonchev–Trinajstić information content (AvgIpc) is 3.28. The molecule has 0 atom stereocenters. The van der Waals surface area contributed by atoms with Crippen molar-refractivity contribution in [1.29, 1.82) is 10.5 Å². The third-order valence-corrected chi connectivity index (χ3v) is 4.64. The summed E-state index contributed by atoms with van der Waals surface area (Å²) in [6, 6.07) is 31.0. The largest absolute Gasteiger partial charge is 0.333 e. The zero-order valence-electron chi connectivity index (χ0n) is 15.9. The molecule has 1 aromatic heterocycles. The Bertz CT molecular complexity index is 1220. The van der Waals surface area contributed by atoms with Crippen LogP contribution in [0.3, 0.4) is 0 Å². The van der Waals surface area contributed by atoms with E-state index in [0.717, 1.165) is 11.1 Å². The van der Waals surface area contributed by atoms with Gasteiger partial charge in [0, 0.05) is 0 Å².